The summed E-state index contributed by atoms with van der Waals surface area (Å²) in [6.07, 6.45) is -5.30. The first kappa shape index (κ1) is 27.0. The second kappa shape index (κ2) is 10.7. The summed E-state index contributed by atoms with van der Waals surface area (Å²) in [7, 11) is 0. The first-order valence-electron chi connectivity index (χ1n) is 11.9. The number of carbonyl (C=O) groups is 2. The molecule has 37 heavy (non-hydrogen) atoms. The molecule has 8 nitrogen and oxygen atoms in total. The molecule has 4 atom stereocenters. The van der Waals surface area contributed by atoms with Crippen molar-refractivity contribution in [2.75, 3.05) is 6.61 Å². The van der Waals surface area contributed by atoms with Crippen molar-refractivity contribution in [2.24, 2.45) is 4.99 Å². The third kappa shape index (κ3) is 5.61. The molecule has 0 saturated carbocycles. The zero-order valence-corrected chi connectivity index (χ0v) is 21.1. The molecule has 2 aromatic rings. The average Bonchev–Trinajstić information content (AvgIpc) is 2.83. The van der Waals surface area contributed by atoms with E-state index in [1.54, 1.807) is 37.3 Å². The molecule has 0 radical (unpaired) electrons. The van der Waals surface area contributed by atoms with E-state index in [0.717, 1.165) is 0 Å². The minimum Gasteiger partial charge on any atom is -0.465 e. The lowest BCUT2D eigenvalue weighted by molar-refractivity contribution is -0.133. The standard InChI is InChI=1S/C26H28ClF2N3O5/c1-14-11-17(9-10-37-14)32-20(33)13-26(2,31-24(32)30-25(35)36)19-8-4-7-18(21(19)27)15-5-3-6-16(12-15)22(34)23(28)29/h3-8,12,14,17,22-23,34H,9-11,13H2,1-2H3,(H,30,31)(H,35,36)/t14-,17-,22-,26-/m0/s1. The molecule has 3 N–H and O–H groups in total. The smallest absolute Gasteiger partial charge is 0.411 e. The fourth-order valence-corrected chi connectivity index (χ4v) is 5.39. The SMILES string of the molecule is C[C@H]1C[C@@H](N2C(=O)C[C@@](C)(c3cccc(-c4cccc([C@H](O)C(F)F)c4)c3Cl)N=C2NC(=O)O)CCO1. The Labute approximate surface area is 217 Å². The number of nitrogens with zero attached hydrogens (tertiary/aromatic N) is 2. The third-order valence-corrected chi connectivity index (χ3v) is 7.15. The summed E-state index contributed by atoms with van der Waals surface area (Å²) in [5, 5.41) is 21.8. The van der Waals surface area contributed by atoms with Gasteiger partial charge in [-0.2, -0.15) is 0 Å². The van der Waals surface area contributed by atoms with Crippen LogP contribution >= 0.6 is 11.6 Å². The van der Waals surface area contributed by atoms with Crippen LogP contribution in [0.1, 0.15) is 50.3 Å². The molecule has 0 aromatic heterocycles. The largest absolute Gasteiger partial charge is 0.465 e. The molecule has 1 saturated heterocycles. The monoisotopic (exact) mass is 535 g/mol. The highest BCUT2D eigenvalue weighted by molar-refractivity contribution is 6.34. The number of aliphatic imine (C=N–C) groups is 1. The van der Waals surface area contributed by atoms with Gasteiger partial charge < -0.3 is 14.9 Å². The number of aliphatic hydroxyl groups is 1. The van der Waals surface area contributed by atoms with Crippen LogP contribution in [0.2, 0.25) is 5.02 Å². The number of halogens is 3. The number of nitrogens with one attached hydrogen (secondary N) is 1. The Morgan fingerprint density at radius 1 is 1.30 bits per heavy atom. The van der Waals surface area contributed by atoms with E-state index in [1.807, 2.05) is 6.92 Å². The van der Waals surface area contributed by atoms with Gasteiger partial charge >= 0.3 is 6.09 Å². The normalized spacial score (nSPS) is 25.1. The number of rotatable bonds is 5. The predicted octanol–water partition coefficient (Wildman–Crippen LogP) is 4.94. The molecule has 198 valence electrons. The Kier molecular flexibility index (Phi) is 7.82. The van der Waals surface area contributed by atoms with Crippen LogP contribution in [-0.2, 0) is 15.1 Å². The number of aliphatic hydroxyl groups excluding tert-OH is 1. The van der Waals surface area contributed by atoms with Crippen molar-refractivity contribution in [3.05, 3.63) is 58.6 Å². The van der Waals surface area contributed by atoms with Gasteiger partial charge in [0.2, 0.25) is 11.9 Å². The van der Waals surface area contributed by atoms with E-state index >= 15 is 0 Å². The summed E-state index contributed by atoms with van der Waals surface area (Å²) in [5.41, 5.74) is 0.320. The van der Waals surface area contributed by atoms with Gasteiger partial charge in [0.25, 0.3) is 6.43 Å². The molecule has 11 heteroatoms. The van der Waals surface area contributed by atoms with E-state index in [4.69, 9.17) is 16.3 Å². The van der Waals surface area contributed by atoms with E-state index in [1.165, 1.54) is 17.0 Å². The minimum absolute atomic E-state index is 0.0420. The van der Waals surface area contributed by atoms with Gasteiger partial charge in [-0.1, -0.05) is 48.0 Å². The van der Waals surface area contributed by atoms with Gasteiger partial charge in [-0.25, -0.2) is 18.6 Å². The molecule has 0 spiro atoms. The average molecular weight is 536 g/mol. The molecule has 2 aliphatic rings. The summed E-state index contributed by atoms with van der Waals surface area (Å²) in [4.78, 5) is 31.2. The van der Waals surface area contributed by atoms with Gasteiger partial charge in [0.15, 0.2) is 0 Å². The lowest BCUT2D eigenvalue weighted by atomic mass is 9.85. The Balaban J connectivity index is 1.76. The molecule has 2 amide bonds. The van der Waals surface area contributed by atoms with Crippen molar-refractivity contribution >= 4 is 29.6 Å². The number of guanidine groups is 1. The second-order valence-corrected chi connectivity index (χ2v) is 9.89. The van der Waals surface area contributed by atoms with Gasteiger partial charge in [-0.05, 0) is 49.4 Å². The number of amides is 2. The van der Waals surface area contributed by atoms with Gasteiger partial charge in [-0.15, -0.1) is 0 Å². The molecular weight excluding hydrogens is 508 g/mol. The van der Waals surface area contributed by atoms with E-state index in [0.29, 0.717) is 36.1 Å². The molecule has 4 rings (SSSR count). The summed E-state index contributed by atoms with van der Waals surface area (Å²) >= 11 is 6.81. The zero-order valence-electron chi connectivity index (χ0n) is 20.3. The minimum atomic E-state index is -2.94. The molecule has 0 unspecified atom stereocenters. The van der Waals surface area contributed by atoms with Crippen molar-refractivity contribution in [3.8, 4) is 11.1 Å². The van der Waals surface area contributed by atoms with Crippen molar-refractivity contribution in [1.82, 2.24) is 10.2 Å². The van der Waals surface area contributed by atoms with Crippen LogP contribution in [0.3, 0.4) is 0 Å². The van der Waals surface area contributed by atoms with Gasteiger partial charge in [-0.3, -0.25) is 15.0 Å². The fraction of sp³-hybridized carbons (Fsp3) is 0.423. The van der Waals surface area contributed by atoms with E-state index in [9.17, 15) is 28.6 Å². The Morgan fingerprint density at radius 3 is 2.70 bits per heavy atom. The van der Waals surface area contributed by atoms with Crippen LogP contribution in [0.5, 0.6) is 0 Å². The highest BCUT2D eigenvalue weighted by atomic mass is 35.5. The summed E-state index contributed by atoms with van der Waals surface area (Å²) < 4.78 is 31.7. The maximum atomic E-state index is 13.5. The van der Waals surface area contributed by atoms with Crippen LogP contribution in [0.15, 0.2) is 47.5 Å². The molecule has 2 aromatic carbocycles. The van der Waals surface area contributed by atoms with Crippen molar-refractivity contribution in [2.45, 2.75) is 63.3 Å². The van der Waals surface area contributed by atoms with Gasteiger partial charge in [0.1, 0.15) is 6.10 Å². The highest BCUT2D eigenvalue weighted by Gasteiger charge is 2.43. The highest BCUT2D eigenvalue weighted by Crippen LogP contribution is 2.42. The Hall–Kier alpha value is -3.08. The number of ether oxygens (including phenoxy) is 1. The van der Waals surface area contributed by atoms with Crippen LogP contribution in [-0.4, -0.2) is 58.3 Å². The van der Waals surface area contributed by atoms with Gasteiger partial charge in [0.05, 0.1) is 23.1 Å². The molecule has 1 fully saturated rings. The number of hydrogen-bond acceptors (Lipinski definition) is 5. The maximum Gasteiger partial charge on any atom is 0.411 e. The third-order valence-electron chi connectivity index (χ3n) is 6.74. The van der Waals surface area contributed by atoms with Crippen LogP contribution in [0.25, 0.3) is 11.1 Å². The summed E-state index contributed by atoms with van der Waals surface area (Å²) in [5.74, 6) is -0.377. The molecule has 0 aliphatic carbocycles. The molecule has 2 aliphatic heterocycles. The van der Waals surface area contributed by atoms with E-state index in [2.05, 4.69) is 10.3 Å². The van der Waals surface area contributed by atoms with Crippen LogP contribution in [0, 0.1) is 0 Å². The van der Waals surface area contributed by atoms with Gasteiger partial charge in [0, 0.05) is 18.2 Å². The number of benzene rings is 2. The van der Waals surface area contributed by atoms with Crippen molar-refractivity contribution < 1.29 is 33.3 Å². The molecule has 2 heterocycles. The van der Waals surface area contributed by atoms with Crippen LogP contribution < -0.4 is 5.32 Å². The van der Waals surface area contributed by atoms with Crippen molar-refractivity contribution in [1.29, 1.82) is 0 Å². The zero-order chi connectivity index (χ0) is 26.9. The molecule has 0 bridgehead atoms. The number of carbonyl (C=O) groups excluding carboxylic acids is 1. The summed E-state index contributed by atoms with van der Waals surface area (Å²) in [6.45, 7) is 4.04. The first-order chi connectivity index (χ1) is 17.5. The predicted molar refractivity (Wildman–Crippen MR) is 134 cm³/mol. The fourth-order valence-electron chi connectivity index (χ4n) is 4.96. The lowest BCUT2D eigenvalue weighted by Crippen LogP contribution is -2.58. The first-order valence-corrected chi connectivity index (χ1v) is 12.3. The number of carboxylic acid groups (broad SMARTS) is 1. The van der Waals surface area contributed by atoms with Crippen LogP contribution in [0.4, 0.5) is 13.6 Å². The Morgan fingerprint density at radius 2 is 2.03 bits per heavy atom. The Bertz CT molecular complexity index is 1230. The topological polar surface area (TPSA) is 111 Å². The van der Waals surface area contributed by atoms with E-state index in [-0.39, 0.29) is 41.0 Å². The second-order valence-electron chi connectivity index (χ2n) is 9.51. The lowest BCUT2D eigenvalue weighted by Gasteiger charge is -2.42. The quantitative estimate of drug-likeness (QED) is 0.502. The number of alkyl halides is 2. The molecular formula is C26H28ClF2N3O5. The van der Waals surface area contributed by atoms with E-state index < -0.39 is 24.2 Å². The summed E-state index contributed by atoms with van der Waals surface area (Å²) in [6, 6.07) is 10.9. The number of hydrogen-bond donors (Lipinski definition) is 3. The van der Waals surface area contributed by atoms with Crippen molar-refractivity contribution in [3.63, 3.8) is 0 Å². The maximum absolute atomic E-state index is 13.5.